The van der Waals surface area contributed by atoms with Gasteiger partial charge in [0.25, 0.3) is 0 Å². The fourth-order valence-electron chi connectivity index (χ4n) is 3.58. The summed E-state index contributed by atoms with van der Waals surface area (Å²) in [4.78, 5) is 40.6. The fraction of sp³-hybridized carbons (Fsp3) is 0.375. The number of hydrogen-bond donors (Lipinski definition) is 1. The standard InChI is InChI=1S/C24H29N5O6/c1-4-35-22(31)16-28(21(30)15-29-20-11-6-5-10-19(20)26-27-29)23(24(32)25-12-13-33-2)17-8-7-9-18(14-17)34-3/h5-11,14,23H,4,12-13,15-16H2,1-3H3,(H,25,32). The topological polar surface area (TPSA) is 125 Å². The number of nitrogens with zero attached hydrogens (tertiary/aromatic N) is 4. The predicted octanol–water partition coefficient (Wildman–Crippen LogP) is 1.34. The van der Waals surface area contributed by atoms with Crippen molar-refractivity contribution >= 4 is 28.8 Å². The van der Waals surface area contributed by atoms with Crippen molar-refractivity contribution in [2.24, 2.45) is 0 Å². The molecule has 1 unspecified atom stereocenters. The molecule has 11 heteroatoms. The van der Waals surface area contributed by atoms with E-state index in [0.29, 0.717) is 22.3 Å². The molecule has 2 amide bonds. The first-order valence-electron chi connectivity index (χ1n) is 11.1. The van der Waals surface area contributed by atoms with Crippen LogP contribution in [-0.2, 0) is 30.4 Å². The average molecular weight is 484 g/mol. The molecule has 0 radical (unpaired) electrons. The Morgan fingerprint density at radius 3 is 2.66 bits per heavy atom. The van der Waals surface area contributed by atoms with E-state index in [9.17, 15) is 14.4 Å². The summed E-state index contributed by atoms with van der Waals surface area (Å²) in [6.07, 6.45) is 0. The van der Waals surface area contributed by atoms with Gasteiger partial charge in [-0.3, -0.25) is 14.4 Å². The van der Waals surface area contributed by atoms with Crippen LogP contribution in [-0.4, -0.2) is 78.2 Å². The summed E-state index contributed by atoms with van der Waals surface area (Å²) in [5.41, 5.74) is 1.75. The van der Waals surface area contributed by atoms with Gasteiger partial charge in [0.15, 0.2) is 0 Å². The van der Waals surface area contributed by atoms with Crippen molar-refractivity contribution in [3.63, 3.8) is 0 Å². The molecule has 1 atom stereocenters. The molecule has 11 nitrogen and oxygen atoms in total. The Balaban J connectivity index is 1.99. The van der Waals surface area contributed by atoms with E-state index in [-0.39, 0.29) is 26.3 Å². The Morgan fingerprint density at radius 2 is 1.91 bits per heavy atom. The van der Waals surface area contributed by atoms with Crippen LogP contribution in [0.1, 0.15) is 18.5 Å². The summed E-state index contributed by atoms with van der Waals surface area (Å²) in [5.74, 6) is -1.12. The molecule has 1 heterocycles. The molecule has 0 aliphatic carbocycles. The zero-order valence-electron chi connectivity index (χ0n) is 20.0. The van der Waals surface area contributed by atoms with Gasteiger partial charge in [-0.15, -0.1) is 5.10 Å². The number of nitrogens with one attached hydrogen (secondary N) is 1. The van der Waals surface area contributed by atoms with Crippen molar-refractivity contribution in [1.82, 2.24) is 25.2 Å². The third kappa shape index (κ3) is 6.54. The zero-order valence-corrected chi connectivity index (χ0v) is 20.0. The van der Waals surface area contributed by atoms with Crippen molar-refractivity contribution in [3.8, 4) is 5.75 Å². The van der Waals surface area contributed by atoms with E-state index in [2.05, 4.69) is 15.6 Å². The number of fused-ring (bicyclic) bond motifs is 1. The second kappa shape index (κ2) is 12.5. The quantitative estimate of drug-likeness (QED) is 0.302. The van der Waals surface area contributed by atoms with Gasteiger partial charge in [-0.2, -0.15) is 0 Å². The third-order valence-electron chi connectivity index (χ3n) is 5.21. The second-order valence-electron chi connectivity index (χ2n) is 7.53. The van der Waals surface area contributed by atoms with Gasteiger partial charge in [-0.05, 0) is 36.8 Å². The summed E-state index contributed by atoms with van der Waals surface area (Å²) in [6.45, 7) is 1.66. The van der Waals surface area contributed by atoms with Crippen molar-refractivity contribution < 1.29 is 28.6 Å². The number of carbonyl (C=O) groups excluding carboxylic acids is 3. The van der Waals surface area contributed by atoms with Crippen LogP contribution in [0.2, 0.25) is 0 Å². The molecule has 1 N–H and O–H groups in total. The normalized spacial score (nSPS) is 11.6. The summed E-state index contributed by atoms with van der Waals surface area (Å²) in [7, 11) is 3.02. The molecule has 0 saturated heterocycles. The lowest BCUT2D eigenvalue weighted by atomic mass is 10.0. The monoisotopic (exact) mass is 483 g/mol. The van der Waals surface area contributed by atoms with Gasteiger partial charge >= 0.3 is 5.97 Å². The number of para-hydroxylation sites is 1. The number of ether oxygens (including phenoxy) is 3. The summed E-state index contributed by atoms with van der Waals surface area (Å²) >= 11 is 0. The van der Waals surface area contributed by atoms with Crippen LogP contribution in [0.25, 0.3) is 11.0 Å². The van der Waals surface area contributed by atoms with Crippen molar-refractivity contribution in [2.75, 3.05) is 40.5 Å². The van der Waals surface area contributed by atoms with Crippen molar-refractivity contribution in [1.29, 1.82) is 0 Å². The number of rotatable bonds is 12. The Labute approximate surface area is 202 Å². The lowest BCUT2D eigenvalue weighted by Gasteiger charge is -2.30. The fourth-order valence-corrected chi connectivity index (χ4v) is 3.58. The summed E-state index contributed by atoms with van der Waals surface area (Å²) < 4.78 is 16.9. The first-order chi connectivity index (χ1) is 17.0. The van der Waals surface area contributed by atoms with Crippen molar-refractivity contribution in [3.05, 3.63) is 54.1 Å². The smallest absolute Gasteiger partial charge is 0.325 e. The number of carbonyl (C=O) groups is 3. The minimum Gasteiger partial charge on any atom is -0.497 e. The predicted molar refractivity (Wildman–Crippen MR) is 126 cm³/mol. The van der Waals surface area contributed by atoms with Crippen LogP contribution in [0.5, 0.6) is 5.75 Å². The first kappa shape index (κ1) is 25.6. The molecule has 3 rings (SSSR count). The highest BCUT2D eigenvalue weighted by molar-refractivity contribution is 5.91. The van der Waals surface area contributed by atoms with E-state index in [1.165, 1.54) is 23.8 Å². The van der Waals surface area contributed by atoms with Gasteiger partial charge in [-0.25, -0.2) is 4.68 Å². The van der Waals surface area contributed by atoms with Gasteiger partial charge in [0.1, 0.15) is 30.4 Å². The van der Waals surface area contributed by atoms with Crippen LogP contribution in [0, 0.1) is 0 Å². The maximum atomic E-state index is 13.6. The number of esters is 1. The molecule has 0 spiro atoms. The number of benzene rings is 2. The molecule has 1 aromatic heterocycles. The van der Waals surface area contributed by atoms with Gasteiger partial charge < -0.3 is 24.4 Å². The molecule has 0 fully saturated rings. The van der Waals surface area contributed by atoms with Crippen LogP contribution >= 0.6 is 0 Å². The van der Waals surface area contributed by atoms with Crippen LogP contribution in [0.4, 0.5) is 0 Å². The number of aromatic nitrogens is 3. The van der Waals surface area contributed by atoms with E-state index in [4.69, 9.17) is 14.2 Å². The molecule has 2 aromatic carbocycles. The highest BCUT2D eigenvalue weighted by Crippen LogP contribution is 2.26. The lowest BCUT2D eigenvalue weighted by Crippen LogP contribution is -2.47. The van der Waals surface area contributed by atoms with E-state index in [1.54, 1.807) is 43.3 Å². The minimum atomic E-state index is -1.13. The number of methoxy groups -OCH3 is 2. The average Bonchev–Trinajstić information content (AvgIpc) is 3.27. The molecule has 186 valence electrons. The second-order valence-corrected chi connectivity index (χ2v) is 7.53. The van der Waals surface area contributed by atoms with E-state index in [1.807, 2.05) is 12.1 Å². The molecule has 0 aliphatic heterocycles. The molecular weight excluding hydrogens is 454 g/mol. The van der Waals surface area contributed by atoms with Gasteiger partial charge in [0.2, 0.25) is 11.8 Å². The van der Waals surface area contributed by atoms with Gasteiger partial charge in [-0.1, -0.05) is 29.5 Å². The third-order valence-corrected chi connectivity index (χ3v) is 5.21. The molecule has 35 heavy (non-hydrogen) atoms. The van der Waals surface area contributed by atoms with E-state index >= 15 is 0 Å². The maximum Gasteiger partial charge on any atom is 0.325 e. The lowest BCUT2D eigenvalue weighted by molar-refractivity contribution is -0.152. The first-order valence-corrected chi connectivity index (χ1v) is 11.1. The maximum absolute atomic E-state index is 13.6. The summed E-state index contributed by atoms with van der Waals surface area (Å²) in [6, 6.07) is 12.8. The molecule has 3 aromatic rings. The highest BCUT2D eigenvalue weighted by atomic mass is 16.5. The van der Waals surface area contributed by atoms with Gasteiger partial charge in [0, 0.05) is 13.7 Å². The van der Waals surface area contributed by atoms with Crippen LogP contribution < -0.4 is 10.1 Å². The Hall–Kier alpha value is -3.99. The zero-order chi connectivity index (χ0) is 25.2. The SMILES string of the molecule is CCOC(=O)CN(C(=O)Cn1nnc2ccccc21)C(C(=O)NCCOC)c1cccc(OC)c1. The number of amides is 2. The Bertz CT molecular complexity index is 1160. The summed E-state index contributed by atoms with van der Waals surface area (Å²) in [5, 5.41) is 10.9. The van der Waals surface area contributed by atoms with Crippen molar-refractivity contribution in [2.45, 2.75) is 19.5 Å². The minimum absolute atomic E-state index is 0.137. The van der Waals surface area contributed by atoms with Crippen LogP contribution in [0.3, 0.4) is 0 Å². The molecule has 0 bridgehead atoms. The van der Waals surface area contributed by atoms with E-state index < -0.39 is 30.4 Å². The largest absolute Gasteiger partial charge is 0.497 e. The molecular formula is C24H29N5O6. The Morgan fingerprint density at radius 1 is 1.11 bits per heavy atom. The van der Waals surface area contributed by atoms with E-state index in [0.717, 1.165) is 0 Å². The number of hydrogen-bond acceptors (Lipinski definition) is 8. The van der Waals surface area contributed by atoms with Gasteiger partial charge in [0.05, 0.1) is 25.8 Å². The molecule has 0 saturated carbocycles. The highest BCUT2D eigenvalue weighted by Gasteiger charge is 2.34. The molecule has 0 aliphatic rings. The Kier molecular flexibility index (Phi) is 9.13. The van der Waals surface area contributed by atoms with Crippen LogP contribution in [0.15, 0.2) is 48.5 Å².